The van der Waals surface area contributed by atoms with Crippen LogP contribution in [0.4, 0.5) is 0 Å². The molecule has 0 aliphatic carbocycles. The summed E-state index contributed by atoms with van der Waals surface area (Å²) < 4.78 is 5.43. The molecule has 346 valence electrons. The molecule has 2 unspecified atom stereocenters. The number of nitrogens with one attached hydrogen (secondary N) is 1. The number of carbonyl (C=O) groups is 2. The lowest BCUT2D eigenvalue weighted by atomic mass is 10.0. The lowest BCUT2D eigenvalue weighted by molar-refractivity contribution is -0.143. The molecule has 0 aliphatic heterocycles. The molecule has 0 aromatic rings. The fourth-order valence-corrected chi connectivity index (χ4v) is 7.68. The Kier molecular flexibility index (Phi) is 47.2. The highest BCUT2D eigenvalue weighted by Crippen LogP contribution is 2.15. The summed E-state index contributed by atoms with van der Waals surface area (Å²) in [5.41, 5.74) is 0. The van der Waals surface area contributed by atoms with Gasteiger partial charge in [-0.3, -0.25) is 9.59 Å². The average molecular weight is 830 g/mol. The van der Waals surface area contributed by atoms with E-state index in [1.165, 1.54) is 161 Å². The second kappa shape index (κ2) is 48.7. The zero-order valence-electron chi connectivity index (χ0n) is 39.2. The quantitative estimate of drug-likeness (QED) is 0.0246. The number of rotatable bonds is 47. The maximum atomic E-state index is 12.4. The van der Waals surface area contributed by atoms with Gasteiger partial charge in [0.2, 0.25) is 5.91 Å². The van der Waals surface area contributed by atoms with Gasteiger partial charge in [-0.15, -0.1) is 0 Å². The molecule has 6 nitrogen and oxygen atoms in total. The molecular formula is C53H99NO5. The molecule has 0 aromatic carbocycles. The summed E-state index contributed by atoms with van der Waals surface area (Å²) in [5, 5.41) is 23.0. The van der Waals surface area contributed by atoms with Crippen molar-refractivity contribution in [3.63, 3.8) is 0 Å². The van der Waals surface area contributed by atoms with E-state index in [-0.39, 0.29) is 18.5 Å². The molecule has 0 aliphatic rings. The first-order chi connectivity index (χ1) is 29.0. The van der Waals surface area contributed by atoms with Crippen LogP contribution in [-0.4, -0.2) is 47.4 Å². The van der Waals surface area contributed by atoms with E-state index >= 15 is 0 Å². The first-order valence-corrected chi connectivity index (χ1v) is 25.8. The van der Waals surface area contributed by atoms with Crippen LogP contribution in [0.25, 0.3) is 0 Å². The molecule has 3 N–H and O–H groups in total. The van der Waals surface area contributed by atoms with Crippen LogP contribution in [0, 0.1) is 0 Å². The SMILES string of the molecule is CCCCCCCCCCCC/C=C/C(O)C(CO)NC(=O)CCCCCCCCCCCC/C=C\C=C/CCCCCOC(=O)CCCCCCCCCCCCC. The lowest BCUT2D eigenvalue weighted by Crippen LogP contribution is -2.45. The Hall–Kier alpha value is -1.92. The Labute approximate surface area is 366 Å². The van der Waals surface area contributed by atoms with E-state index in [0.29, 0.717) is 19.4 Å². The molecule has 0 fully saturated rings. The minimum atomic E-state index is -0.850. The highest BCUT2D eigenvalue weighted by atomic mass is 16.5. The third-order valence-electron chi connectivity index (χ3n) is 11.7. The molecule has 0 saturated heterocycles. The molecule has 2 atom stereocenters. The van der Waals surface area contributed by atoms with E-state index in [1.807, 2.05) is 6.08 Å². The van der Waals surface area contributed by atoms with Gasteiger partial charge in [0, 0.05) is 12.8 Å². The van der Waals surface area contributed by atoms with Crippen molar-refractivity contribution in [3.05, 3.63) is 36.5 Å². The van der Waals surface area contributed by atoms with Crippen LogP contribution in [0.1, 0.15) is 264 Å². The number of hydrogen-bond acceptors (Lipinski definition) is 5. The monoisotopic (exact) mass is 830 g/mol. The van der Waals surface area contributed by atoms with Crippen LogP contribution in [0.5, 0.6) is 0 Å². The number of amides is 1. The predicted octanol–water partition coefficient (Wildman–Crippen LogP) is 15.3. The van der Waals surface area contributed by atoms with Crippen molar-refractivity contribution >= 4 is 11.9 Å². The van der Waals surface area contributed by atoms with Crippen molar-refractivity contribution < 1.29 is 24.5 Å². The van der Waals surface area contributed by atoms with Gasteiger partial charge in [-0.25, -0.2) is 0 Å². The molecule has 0 bridgehead atoms. The molecule has 1 amide bonds. The Morgan fingerprint density at radius 2 is 0.831 bits per heavy atom. The fourth-order valence-electron chi connectivity index (χ4n) is 7.68. The van der Waals surface area contributed by atoms with Gasteiger partial charge in [-0.05, 0) is 64.2 Å². The van der Waals surface area contributed by atoms with Crippen LogP contribution < -0.4 is 5.32 Å². The van der Waals surface area contributed by atoms with E-state index in [0.717, 1.165) is 77.0 Å². The second-order valence-electron chi connectivity index (χ2n) is 17.5. The summed E-state index contributed by atoms with van der Waals surface area (Å²) in [4.78, 5) is 24.4. The summed E-state index contributed by atoms with van der Waals surface area (Å²) in [6, 6.07) is -0.634. The number of carbonyl (C=O) groups excluding carboxylic acids is 2. The smallest absolute Gasteiger partial charge is 0.305 e. The number of ether oxygens (including phenoxy) is 1. The van der Waals surface area contributed by atoms with Crippen molar-refractivity contribution in [1.82, 2.24) is 5.32 Å². The normalized spacial score (nSPS) is 12.9. The van der Waals surface area contributed by atoms with Crippen LogP contribution in [0.15, 0.2) is 36.5 Å². The van der Waals surface area contributed by atoms with Gasteiger partial charge < -0.3 is 20.3 Å². The molecule has 0 rings (SSSR count). The summed E-state index contributed by atoms with van der Waals surface area (Å²) in [6.45, 7) is 4.84. The van der Waals surface area contributed by atoms with Crippen molar-refractivity contribution in [2.24, 2.45) is 0 Å². The van der Waals surface area contributed by atoms with E-state index in [1.54, 1.807) is 6.08 Å². The predicted molar refractivity (Wildman–Crippen MR) is 255 cm³/mol. The number of allylic oxidation sites excluding steroid dienone is 5. The molecule has 0 radical (unpaired) electrons. The van der Waals surface area contributed by atoms with Crippen LogP contribution in [0.3, 0.4) is 0 Å². The van der Waals surface area contributed by atoms with E-state index in [4.69, 9.17) is 4.74 Å². The standard InChI is InChI=1S/C53H99NO5/c1-3-5-7-9-11-13-15-26-29-33-37-41-45-51(56)50(49-55)54-52(57)46-42-38-34-30-27-23-21-19-17-16-18-20-22-24-28-32-36-40-44-48-59-53(58)47-43-39-35-31-25-14-12-10-8-6-4-2/h20,22,24,28,41,45,50-51,55-56H,3-19,21,23,25-27,29-40,42-44,46-49H2,1-2H3,(H,54,57)/b22-20-,28-24-,45-41+. The average Bonchev–Trinajstić information content (AvgIpc) is 3.24. The fraction of sp³-hybridized carbons (Fsp3) is 0.849. The number of unbranched alkanes of at least 4 members (excludes halogenated alkanes) is 33. The first kappa shape index (κ1) is 57.1. The third-order valence-corrected chi connectivity index (χ3v) is 11.7. The Morgan fingerprint density at radius 1 is 0.475 bits per heavy atom. The van der Waals surface area contributed by atoms with Gasteiger partial charge in [0.25, 0.3) is 0 Å². The van der Waals surface area contributed by atoms with E-state index in [2.05, 4.69) is 43.5 Å². The summed E-state index contributed by atoms with van der Waals surface area (Å²) in [6.07, 6.45) is 58.6. The van der Waals surface area contributed by atoms with Crippen molar-refractivity contribution in [2.45, 2.75) is 276 Å². The Balaban J connectivity index is 3.51. The maximum absolute atomic E-state index is 12.4. The summed E-state index contributed by atoms with van der Waals surface area (Å²) >= 11 is 0. The van der Waals surface area contributed by atoms with Gasteiger partial charge in [0.1, 0.15) is 0 Å². The molecule has 59 heavy (non-hydrogen) atoms. The van der Waals surface area contributed by atoms with Gasteiger partial charge in [0.15, 0.2) is 0 Å². The number of hydrogen-bond donors (Lipinski definition) is 3. The first-order valence-electron chi connectivity index (χ1n) is 25.8. The van der Waals surface area contributed by atoms with Crippen molar-refractivity contribution in [3.8, 4) is 0 Å². The van der Waals surface area contributed by atoms with Crippen LogP contribution in [-0.2, 0) is 14.3 Å². The lowest BCUT2D eigenvalue weighted by Gasteiger charge is -2.20. The molecule has 0 heterocycles. The van der Waals surface area contributed by atoms with E-state index < -0.39 is 12.1 Å². The van der Waals surface area contributed by atoms with Crippen LogP contribution >= 0.6 is 0 Å². The minimum absolute atomic E-state index is 0.0152. The third kappa shape index (κ3) is 45.4. The second-order valence-corrected chi connectivity index (χ2v) is 17.5. The van der Waals surface area contributed by atoms with Crippen LogP contribution in [0.2, 0.25) is 0 Å². The molecule has 0 saturated carbocycles. The highest BCUT2D eigenvalue weighted by Gasteiger charge is 2.18. The molecule has 6 heteroatoms. The number of aliphatic hydroxyl groups is 2. The largest absolute Gasteiger partial charge is 0.466 e. The topological polar surface area (TPSA) is 95.9 Å². The zero-order chi connectivity index (χ0) is 43.0. The number of esters is 1. The van der Waals surface area contributed by atoms with Gasteiger partial charge in [-0.2, -0.15) is 0 Å². The van der Waals surface area contributed by atoms with Crippen molar-refractivity contribution in [2.75, 3.05) is 13.2 Å². The molecular weight excluding hydrogens is 731 g/mol. The zero-order valence-corrected chi connectivity index (χ0v) is 39.2. The van der Waals surface area contributed by atoms with Crippen molar-refractivity contribution in [1.29, 1.82) is 0 Å². The minimum Gasteiger partial charge on any atom is -0.466 e. The Morgan fingerprint density at radius 3 is 1.25 bits per heavy atom. The van der Waals surface area contributed by atoms with Gasteiger partial charge in [-0.1, -0.05) is 224 Å². The van der Waals surface area contributed by atoms with Gasteiger partial charge in [0.05, 0.1) is 25.4 Å². The molecule has 0 spiro atoms. The van der Waals surface area contributed by atoms with Gasteiger partial charge >= 0.3 is 5.97 Å². The summed E-state index contributed by atoms with van der Waals surface area (Å²) in [5.74, 6) is -0.0945. The number of aliphatic hydroxyl groups excluding tert-OH is 2. The maximum Gasteiger partial charge on any atom is 0.305 e. The Bertz CT molecular complexity index is 962. The highest BCUT2D eigenvalue weighted by molar-refractivity contribution is 5.76. The molecule has 0 aromatic heterocycles. The van der Waals surface area contributed by atoms with E-state index in [9.17, 15) is 19.8 Å². The summed E-state index contributed by atoms with van der Waals surface area (Å²) in [7, 11) is 0.